The van der Waals surface area contributed by atoms with E-state index in [4.69, 9.17) is 0 Å². The molecule has 0 saturated carbocycles. The predicted octanol–water partition coefficient (Wildman–Crippen LogP) is 3.25. The van der Waals surface area contributed by atoms with E-state index in [2.05, 4.69) is 5.32 Å². The van der Waals surface area contributed by atoms with E-state index < -0.39 is 4.92 Å². The van der Waals surface area contributed by atoms with Crippen LogP contribution in [0.5, 0.6) is 0 Å². The van der Waals surface area contributed by atoms with Crippen LogP contribution in [0.4, 0.5) is 22.7 Å². The minimum absolute atomic E-state index is 0.0585. The van der Waals surface area contributed by atoms with Gasteiger partial charge in [0.25, 0.3) is 11.6 Å². The summed E-state index contributed by atoms with van der Waals surface area (Å²) in [6.07, 6.45) is 1.00. The quantitative estimate of drug-likeness (QED) is 0.668. The Morgan fingerprint density at radius 3 is 2.36 bits per heavy atom. The number of amides is 1. The van der Waals surface area contributed by atoms with Crippen molar-refractivity contribution in [3.63, 3.8) is 0 Å². The summed E-state index contributed by atoms with van der Waals surface area (Å²) >= 11 is 0. The van der Waals surface area contributed by atoms with Gasteiger partial charge in [0.05, 0.1) is 4.92 Å². The van der Waals surface area contributed by atoms with Gasteiger partial charge >= 0.3 is 0 Å². The van der Waals surface area contributed by atoms with E-state index in [1.165, 1.54) is 12.1 Å². The third-order valence-corrected chi connectivity index (χ3v) is 4.25. The number of rotatable bonds is 5. The van der Waals surface area contributed by atoms with Gasteiger partial charge in [-0.1, -0.05) is 0 Å². The number of nitro groups is 1. The summed E-state index contributed by atoms with van der Waals surface area (Å²) in [5.74, 6) is -0.0906. The van der Waals surface area contributed by atoms with Crippen LogP contribution < -0.4 is 10.2 Å². The molecular weight excluding hydrogens is 320 g/mol. The Morgan fingerprint density at radius 1 is 1.16 bits per heavy atom. The first kappa shape index (κ1) is 16.8. The Morgan fingerprint density at radius 2 is 1.84 bits per heavy atom. The number of carbonyl (C=O) groups excluding carboxylic acids is 1. The van der Waals surface area contributed by atoms with Gasteiger partial charge in [0.1, 0.15) is 5.69 Å². The number of carbonyl (C=O) groups is 1. The Bertz CT molecular complexity index is 798. The number of nitro benzene ring substituents is 1. The molecule has 0 spiro atoms. The molecule has 2 aromatic rings. The summed E-state index contributed by atoms with van der Waals surface area (Å²) in [5, 5.41) is 14.4. The van der Waals surface area contributed by atoms with Gasteiger partial charge in [0, 0.05) is 50.2 Å². The Labute approximate surface area is 146 Å². The molecular formula is C18H20N4O3. The summed E-state index contributed by atoms with van der Waals surface area (Å²) < 4.78 is 0. The number of nitrogens with one attached hydrogen (secondary N) is 1. The third kappa shape index (κ3) is 3.55. The van der Waals surface area contributed by atoms with Crippen LogP contribution in [0.25, 0.3) is 0 Å². The molecule has 1 fully saturated rings. The lowest BCUT2D eigenvalue weighted by Gasteiger charge is -2.31. The molecule has 25 heavy (non-hydrogen) atoms. The first-order valence-electron chi connectivity index (χ1n) is 8.08. The van der Waals surface area contributed by atoms with Crippen molar-refractivity contribution in [3.05, 3.63) is 58.1 Å². The fourth-order valence-electron chi connectivity index (χ4n) is 2.63. The zero-order valence-corrected chi connectivity index (χ0v) is 14.2. The van der Waals surface area contributed by atoms with Gasteiger partial charge in [-0.25, -0.2) is 0 Å². The van der Waals surface area contributed by atoms with Crippen molar-refractivity contribution in [1.29, 1.82) is 0 Å². The molecule has 1 heterocycles. The maximum absolute atomic E-state index is 12.4. The number of benzene rings is 2. The molecule has 130 valence electrons. The summed E-state index contributed by atoms with van der Waals surface area (Å²) in [6.45, 7) is 1.48. The second kappa shape index (κ2) is 6.80. The average molecular weight is 340 g/mol. The van der Waals surface area contributed by atoms with Crippen molar-refractivity contribution >= 4 is 28.7 Å². The number of anilines is 3. The lowest BCUT2D eigenvalue weighted by atomic mass is 10.1. The highest BCUT2D eigenvalue weighted by molar-refractivity contribution is 5.96. The van der Waals surface area contributed by atoms with Gasteiger partial charge in [0.2, 0.25) is 0 Å². The third-order valence-electron chi connectivity index (χ3n) is 4.25. The number of nitrogens with zero attached hydrogens (tertiary/aromatic N) is 3. The second-order valence-corrected chi connectivity index (χ2v) is 6.20. The molecule has 7 heteroatoms. The van der Waals surface area contributed by atoms with E-state index in [0.29, 0.717) is 11.3 Å². The standard InChI is InChI=1S/C18H20N4O3/c1-20(2)15-7-5-14(6-8-15)19-16-12-13(4-9-17(16)22(24)25)18(23)21-10-3-11-21/h4-9,12,19H,3,10-11H2,1-2H3. The fraction of sp³-hybridized carbons (Fsp3) is 0.278. The number of hydrogen-bond donors (Lipinski definition) is 1. The summed E-state index contributed by atoms with van der Waals surface area (Å²) in [7, 11) is 3.89. The molecule has 1 N–H and O–H groups in total. The highest BCUT2D eigenvalue weighted by atomic mass is 16.6. The maximum atomic E-state index is 12.4. The molecule has 0 bridgehead atoms. The lowest BCUT2D eigenvalue weighted by molar-refractivity contribution is -0.383. The monoisotopic (exact) mass is 340 g/mol. The second-order valence-electron chi connectivity index (χ2n) is 6.20. The normalized spacial score (nSPS) is 13.1. The molecule has 0 unspecified atom stereocenters. The van der Waals surface area contributed by atoms with Crippen molar-refractivity contribution < 1.29 is 9.72 Å². The van der Waals surface area contributed by atoms with Crippen molar-refractivity contribution in [2.75, 3.05) is 37.4 Å². The van der Waals surface area contributed by atoms with Gasteiger partial charge in [-0.3, -0.25) is 14.9 Å². The van der Waals surface area contributed by atoms with Crippen LogP contribution in [0.15, 0.2) is 42.5 Å². The Hall–Kier alpha value is -3.09. The van der Waals surface area contributed by atoms with Crippen molar-refractivity contribution in [1.82, 2.24) is 4.90 Å². The maximum Gasteiger partial charge on any atom is 0.292 e. The van der Waals surface area contributed by atoms with E-state index in [0.717, 1.165) is 30.9 Å². The smallest absolute Gasteiger partial charge is 0.292 e. The summed E-state index contributed by atoms with van der Waals surface area (Å²) in [5.41, 5.74) is 2.47. The van der Waals surface area contributed by atoms with Crippen LogP contribution in [0.2, 0.25) is 0 Å². The van der Waals surface area contributed by atoms with Gasteiger partial charge in [-0.2, -0.15) is 0 Å². The van der Waals surface area contributed by atoms with E-state index in [1.807, 2.05) is 43.3 Å². The number of hydrogen-bond acceptors (Lipinski definition) is 5. The molecule has 3 rings (SSSR count). The van der Waals surface area contributed by atoms with Crippen molar-refractivity contribution in [2.45, 2.75) is 6.42 Å². The largest absolute Gasteiger partial charge is 0.378 e. The minimum atomic E-state index is -0.450. The summed E-state index contributed by atoms with van der Waals surface area (Å²) in [4.78, 5) is 26.9. The van der Waals surface area contributed by atoms with E-state index in [-0.39, 0.29) is 11.6 Å². The van der Waals surface area contributed by atoms with Gasteiger partial charge in [-0.15, -0.1) is 0 Å². The summed E-state index contributed by atoms with van der Waals surface area (Å²) in [6, 6.07) is 12.0. The highest BCUT2D eigenvalue weighted by Gasteiger charge is 2.24. The van der Waals surface area contributed by atoms with Crippen LogP contribution in [-0.2, 0) is 0 Å². The van der Waals surface area contributed by atoms with Crippen molar-refractivity contribution in [2.24, 2.45) is 0 Å². The van der Waals surface area contributed by atoms with Crippen LogP contribution in [-0.4, -0.2) is 42.9 Å². The zero-order valence-electron chi connectivity index (χ0n) is 14.2. The van der Waals surface area contributed by atoms with Gasteiger partial charge < -0.3 is 15.1 Å². The van der Waals surface area contributed by atoms with Crippen LogP contribution in [0, 0.1) is 10.1 Å². The SMILES string of the molecule is CN(C)c1ccc(Nc2cc(C(=O)N3CCC3)ccc2[N+](=O)[O-])cc1. The first-order valence-corrected chi connectivity index (χ1v) is 8.08. The Balaban J connectivity index is 1.89. The molecule has 0 atom stereocenters. The topological polar surface area (TPSA) is 78.7 Å². The lowest BCUT2D eigenvalue weighted by Crippen LogP contribution is -2.42. The van der Waals surface area contributed by atoms with E-state index in [9.17, 15) is 14.9 Å². The minimum Gasteiger partial charge on any atom is -0.378 e. The van der Waals surface area contributed by atoms with Gasteiger partial charge in [0.15, 0.2) is 0 Å². The molecule has 1 amide bonds. The molecule has 0 aliphatic carbocycles. The molecule has 1 aliphatic heterocycles. The van der Waals surface area contributed by atoms with Crippen LogP contribution in [0.3, 0.4) is 0 Å². The fourth-order valence-corrected chi connectivity index (χ4v) is 2.63. The molecule has 0 aromatic heterocycles. The molecule has 7 nitrogen and oxygen atoms in total. The average Bonchev–Trinajstić information content (AvgIpc) is 2.53. The predicted molar refractivity (Wildman–Crippen MR) is 97.7 cm³/mol. The highest BCUT2D eigenvalue weighted by Crippen LogP contribution is 2.30. The van der Waals surface area contributed by atoms with E-state index >= 15 is 0 Å². The van der Waals surface area contributed by atoms with Crippen molar-refractivity contribution in [3.8, 4) is 0 Å². The van der Waals surface area contributed by atoms with Crippen LogP contribution in [0.1, 0.15) is 16.8 Å². The van der Waals surface area contributed by atoms with Gasteiger partial charge in [-0.05, 0) is 42.8 Å². The van der Waals surface area contributed by atoms with Crippen LogP contribution >= 0.6 is 0 Å². The number of likely N-dealkylation sites (tertiary alicyclic amines) is 1. The molecule has 1 saturated heterocycles. The molecule has 0 radical (unpaired) electrons. The van der Waals surface area contributed by atoms with E-state index in [1.54, 1.807) is 11.0 Å². The molecule has 2 aromatic carbocycles. The Kier molecular flexibility index (Phi) is 4.56. The first-order chi connectivity index (χ1) is 12.0. The molecule has 1 aliphatic rings. The zero-order chi connectivity index (χ0) is 18.0.